The minimum Gasteiger partial charge on any atom is -0.369 e. The van der Waals surface area contributed by atoms with Crippen molar-refractivity contribution in [2.45, 2.75) is 43.3 Å². The lowest BCUT2D eigenvalue weighted by molar-refractivity contribution is 0.277. The first-order valence-electron chi connectivity index (χ1n) is 10.6. The molecule has 4 heterocycles. The normalized spacial score (nSPS) is 20.7. The first kappa shape index (κ1) is 21.2. The molecule has 13 heteroatoms. The van der Waals surface area contributed by atoms with E-state index in [0.29, 0.717) is 17.1 Å². The molecule has 3 aromatic heterocycles. The van der Waals surface area contributed by atoms with Crippen molar-refractivity contribution in [3.63, 3.8) is 0 Å². The van der Waals surface area contributed by atoms with E-state index in [1.54, 1.807) is 18.1 Å². The Bertz CT molecular complexity index is 1200. The van der Waals surface area contributed by atoms with Crippen LogP contribution in [0.1, 0.15) is 37.3 Å². The maximum Gasteiger partial charge on any atom is 0.233 e. The molecule has 0 bridgehead atoms. The van der Waals surface area contributed by atoms with Gasteiger partial charge in [0.25, 0.3) is 0 Å². The summed E-state index contributed by atoms with van der Waals surface area (Å²) in [6, 6.07) is 0.395. The van der Waals surface area contributed by atoms with Crippen LogP contribution in [0.4, 0.5) is 11.8 Å². The minimum absolute atomic E-state index is 0.151. The number of thioether (sulfide) groups is 1. The Morgan fingerprint density at radius 1 is 1.25 bits per heavy atom. The summed E-state index contributed by atoms with van der Waals surface area (Å²) >= 11 is 1.55. The smallest absolute Gasteiger partial charge is 0.233 e. The number of hydrogen-bond donors (Lipinski definition) is 3. The molecule has 11 nitrogen and oxygen atoms in total. The Labute approximate surface area is 190 Å². The van der Waals surface area contributed by atoms with Crippen molar-refractivity contribution < 1.29 is 8.42 Å². The van der Waals surface area contributed by atoms with Gasteiger partial charge in [-0.1, -0.05) is 11.8 Å². The Hall–Kier alpha value is -2.67. The number of fused-ring (bicyclic) bond motifs is 1. The Morgan fingerprint density at radius 2 is 2.09 bits per heavy atom. The fourth-order valence-electron chi connectivity index (χ4n) is 4.32. The van der Waals surface area contributed by atoms with Crippen molar-refractivity contribution in [3.05, 3.63) is 24.3 Å². The van der Waals surface area contributed by atoms with E-state index in [9.17, 15) is 8.42 Å². The molecule has 3 aromatic rings. The zero-order chi connectivity index (χ0) is 22.1. The topological polar surface area (TPSA) is 143 Å². The summed E-state index contributed by atoms with van der Waals surface area (Å²) in [4.78, 5) is 13.0. The summed E-state index contributed by atoms with van der Waals surface area (Å²) < 4.78 is 26.9. The van der Waals surface area contributed by atoms with Crippen LogP contribution in [0.15, 0.2) is 23.9 Å². The molecule has 1 fully saturated rings. The van der Waals surface area contributed by atoms with Gasteiger partial charge in [-0.2, -0.15) is 10.1 Å². The molecule has 3 N–H and O–H groups in total. The quantitative estimate of drug-likeness (QED) is 0.439. The van der Waals surface area contributed by atoms with E-state index in [2.05, 4.69) is 51.2 Å². The second kappa shape index (κ2) is 8.70. The molecule has 32 heavy (non-hydrogen) atoms. The SMILES string of the molecule is CS(=O)(=O)Nc1nc(SCC2CCC(n3cc(-c4ncnc5c4CCN5)cn3)CC2)n[nH]1. The highest BCUT2D eigenvalue weighted by Gasteiger charge is 2.25. The number of aromatic nitrogens is 7. The van der Waals surface area contributed by atoms with E-state index in [1.165, 1.54) is 5.56 Å². The van der Waals surface area contributed by atoms with Gasteiger partial charge in [0.1, 0.15) is 12.1 Å². The third-order valence-electron chi connectivity index (χ3n) is 5.87. The van der Waals surface area contributed by atoms with Crippen molar-refractivity contribution in [2.24, 2.45) is 5.92 Å². The van der Waals surface area contributed by atoms with Crippen LogP contribution in [0.3, 0.4) is 0 Å². The van der Waals surface area contributed by atoms with Crippen molar-refractivity contribution in [3.8, 4) is 11.3 Å². The Balaban J connectivity index is 1.15. The third kappa shape index (κ3) is 4.72. The summed E-state index contributed by atoms with van der Waals surface area (Å²) in [5.41, 5.74) is 3.20. The molecule has 0 spiro atoms. The predicted octanol–water partition coefficient (Wildman–Crippen LogP) is 2.32. The van der Waals surface area contributed by atoms with Crippen LogP contribution >= 0.6 is 11.8 Å². The molecule has 0 atom stereocenters. The molecule has 0 unspecified atom stereocenters. The Kier molecular flexibility index (Phi) is 5.76. The lowest BCUT2D eigenvalue weighted by atomic mass is 9.87. The number of nitrogens with one attached hydrogen (secondary N) is 3. The lowest BCUT2D eigenvalue weighted by Crippen LogP contribution is -2.19. The maximum atomic E-state index is 11.3. The van der Waals surface area contributed by atoms with Gasteiger partial charge in [0.05, 0.1) is 24.2 Å². The largest absolute Gasteiger partial charge is 0.369 e. The van der Waals surface area contributed by atoms with Gasteiger partial charge in [-0.05, 0) is 38.0 Å². The predicted molar refractivity (Wildman–Crippen MR) is 122 cm³/mol. The van der Waals surface area contributed by atoms with Crippen LogP contribution in [0, 0.1) is 5.92 Å². The van der Waals surface area contributed by atoms with Crippen molar-refractivity contribution in [1.29, 1.82) is 0 Å². The number of nitrogens with zero attached hydrogens (tertiary/aromatic N) is 6. The molecular formula is C19H25N9O2S2. The molecule has 2 aliphatic rings. The number of H-pyrrole nitrogens is 1. The summed E-state index contributed by atoms with van der Waals surface area (Å²) in [6.07, 6.45) is 12.0. The van der Waals surface area contributed by atoms with Crippen LogP contribution < -0.4 is 10.0 Å². The first-order chi connectivity index (χ1) is 15.4. The second-order valence-corrected chi connectivity index (χ2v) is 11.0. The van der Waals surface area contributed by atoms with Gasteiger partial charge in [0.15, 0.2) is 0 Å². The summed E-state index contributed by atoms with van der Waals surface area (Å²) in [5, 5.41) is 15.2. The second-order valence-electron chi connectivity index (χ2n) is 8.26. The van der Waals surface area contributed by atoms with Crippen molar-refractivity contribution in [1.82, 2.24) is 34.9 Å². The number of rotatable bonds is 7. The molecule has 0 amide bonds. The van der Waals surface area contributed by atoms with Gasteiger partial charge in [-0.3, -0.25) is 9.40 Å². The van der Waals surface area contributed by atoms with E-state index >= 15 is 0 Å². The fraction of sp³-hybridized carbons (Fsp3) is 0.526. The summed E-state index contributed by atoms with van der Waals surface area (Å²) in [5.74, 6) is 2.57. The van der Waals surface area contributed by atoms with Gasteiger partial charge < -0.3 is 5.32 Å². The average molecular weight is 476 g/mol. The van der Waals surface area contributed by atoms with E-state index in [4.69, 9.17) is 0 Å². The molecular weight excluding hydrogens is 450 g/mol. The molecule has 1 saturated carbocycles. The third-order valence-corrected chi connectivity index (χ3v) is 7.52. The van der Waals surface area contributed by atoms with Gasteiger partial charge in [0, 0.05) is 29.6 Å². The number of hydrogen-bond acceptors (Lipinski definition) is 9. The molecule has 170 valence electrons. The average Bonchev–Trinajstić information content (AvgIpc) is 3.52. The molecule has 1 aliphatic carbocycles. The standard InChI is InChI=1S/C19H25N9O2S2/c1-32(29,30)27-18-24-19(26-25-18)31-10-12-2-4-14(5-3-12)28-9-13(8-23-28)16-15-6-7-20-17(15)22-11-21-16/h8-9,11-12,14H,2-7,10H2,1H3,(H,20,21,22)(H2,24,25,26,27). The highest BCUT2D eigenvalue weighted by atomic mass is 32.2. The van der Waals surface area contributed by atoms with E-state index in [-0.39, 0.29) is 5.95 Å². The van der Waals surface area contributed by atoms with E-state index in [1.807, 2.05) is 6.20 Å². The minimum atomic E-state index is -3.36. The fourth-order valence-corrected chi connectivity index (χ4v) is 5.74. The Morgan fingerprint density at radius 3 is 2.91 bits per heavy atom. The summed E-state index contributed by atoms with van der Waals surface area (Å²) in [7, 11) is -3.36. The molecule has 0 radical (unpaired) electrons. The zero-order valence-corrected chi connectivity index (χ0v) is 19.3. The highest BCUT2D eigenvalue weighted by Crippen LogP contribution is 2.36. The van der Waals surface area contributed by atoms with Gasteiger partial charge in [-0.25, -0.2) is 23.5 Å². The molecule has 0 aromatic carbocycles. The van der Waals surface area contributed by atoms with Gasteiger partial charge in [0.2, 0.25) is 21.1 Å². The molecule has 5 rings (SSSR count). The van der Waals surface area contributed by atoms with Crippen molar-refractivity contribution in [2.75, 3.05) is 28.6 Å². The maximum absolute atomic E-state index is 11.3. The molecule has 0 saturated heterocycles. The number of anilines is 2. The monoisotopic (exact) mass is 475 g/mol. The first-order valence-corrected chi connectivity index (χ1v) is 13.5. The number of aromatic amines is 1. The highest BCUT2D eigenvalue weighted by molar-refractivity contribution is 7.99. The van der Waals surface area contributed by atoms with Crippen LogP contribution in [-0.2, 0) is 16.4 Å². The van der Waals surface area contributed by atoms with E-state index < -0.39 is 10.0 Å². The van der Waals surface area contributed by atoms with Crippen LogP contribution in [0.5, 0.6) is 0 Å². The molecule has 1 aliphatic heterocycles. The van der Waals surface area contributed by atoms with Crippen molar-refractivity contribution >= 4 is 33.6 Å². The van der Waals surface area contributed by atoms with Crippen LogP contribution in [-0.4, -0.2) is 61.9 Å². The number of sulfonamides is 1. The summed E-state index contributed by atoms with van der Waals surface area (Å²) in [6.45, 7) is 0.903. The van der Waals surface area contributed by atoms with Gasteiger partial charge in [-0.15, -0.1) is 5.10 Å². The van der Waals surface area contributed by atoms with E-state index in [0.717, 1.165) is 67.7 Å². The lowest BCUT2D eigenvalue weighted by Gasteiger charge is -2.28. The van der Waals surface area contributed by atoms with Crippen LogP contribution in [0.25, 0.3) is 11.3 Å². The van der Waals surface area contributed by atoms with Gasteiger partial charge >= 0.3 is 0 Å². The zero-order valence-electron chi connectivity index (χ0n) is 17.7. The van der Waals surface area contributed by atoms with Crippen LogP contribution in [0.2, 0.25) is 0 Å².